The van der Waals surface area contributed by atoms with Crippen LogP contribution >= 0.6 is 0 Å². The van der Waals surface area contributed by atoms with Gasteiger partial charge in [0.1, 0.15) is 6.07 Å². The Bertz CT molecular complexity index is 178. The molecule has 0 aliphatic rings. The molecule has 0 aromatic carbocycles. The van der Waals surface area contributed by atoms with Crippen LogP contribution in [0.5, 0.6) is 0 Å². The fraction of sp³-hybridized carbons (Fsp3) is 0.900. The first-order chi connectivity index (χ1) is 6.58. The molecule has 0 aliphatic carbocycles. The summed E-state index contributed by atoms with van der Waals surface area (Å²) in [6, 6.07) is 1.76. The Morgan fingerprint density at radius 1 is 1.29 bits per heavy atom. The first-order valence-corrected chi connectivity index (χ1v) is 4.95. The molecule has 0 bridgehead atoms. The van der Waals surface area contributed by atoms with Crippen molar-refractivity contribution in [1.29, 1.82) is 5.26 Å². The molecule has 82 valence electrons. The van der Waals surface area contributed by atoms with Gasteiger partial charge in [-0.3, -0.25) is 0 Å². The molecule has 14 heavy (non-hydrogen) atoms. The van der Waals surface area contributed by atoms with E-state index >= 15 is 0 Å². The standard InChI is InChI=1S/C10H19NO3/c1-4-6-13-9(14-7-5-2)10(3,12)8-11/h9,12H,4-7H2,1-3H3/t10-/m1/s1. The number of hydrogen-bond donors (Lipinski definition) is 1. The van der Waals surface area contributed by atoms with E-state index in [-0.39, 0.29) is 0 Å². The van der Waals surface area contributed by atoms with Crippen molar-refractivity contribution < 1.29 is 14.6 Å². The van der Waals surface area contributed by atoms with E-state index < -0.39 is 11.9 Å². The first-order valence-electron chi connectivity index (χ1n) is 4.95. The van der Waals surface area contributed by atoms with Gasteiger partial charge in [-0.2, -0.15) is 5.26 Å². The molecule has 0 saturated heterocycles. The van der Waals surface area contributed by atoms with Crippen LogP contribution in [0.3, 0.4) is 0 Å². The molecule has 0 radical (unpaired) electrons. The van der Waals surface area contributed by atoms with Crippen molar-refractivity contribution in [3.63, 3.8) is 0 Å². The highest BCUT2D eigenvalue weighted by Gasteiger charge is 2.33. The summed E-state index contributed by atoms with van der Waals surface area (Å²) in [6.45, 7) is 6.26. The van der Waals surface area contributed by atoms with Gasteiger partial charge in [0.15, 0.2) is 11.9 Å². The van der Waals surface area contributed by atoms with Gasteiger partial charge in [-0.25, -0.2) is 0 Å². The number of nitrogens with zero attached hydrogens (tertiary/aromatic N) is 1. The predicted octanol–water partition coefficient (Wildman–Crippen LogP) is 1.44. The highest BCUT2D eigenvalue weighted by Crippen LogP contribution is 2.14. The van der Waals surface area contributed by atoms with Crippen molar-refractivity contribution in [3.05, 3.63) is 0 Å². The minimum absolute atomic E-state index is 0.478. The third-order valence-electron chi connectivity index (χ3n) is 1.63. The molecule has 0 aliphatic heterocycles. The Kier molecular flexibility index (Phi) is 6.46. The minimum atomic E-state index is -1.58. The zero-order chi connectivity index (χ0) is 11.0. The van der Waals surface area contributed by atoms with Gasteiger partial charge in [-0.1, -0.05) is 13.8 Å². The van der Waals surface area contributed by atoms with Gasteiger partial charge < -0.3 is 14.6 Å². The summed E-state index contributed by atoms with van der Waals surface area (Å²) < 4.78 is 10.5. The summed E-state index contributed by atoms with van der Waals surface area (Å²) in [4.78, 5) is 0. The van der Waals surface area contributed by atoms with Crippen LogP contribution in [0.15, 0.2) is 0 Å². The molecule has 4 nitrogen and oxygen atoms in total. The average molecular weight is 201 g/mol. The van der Waals surface area contributed by atoms with Crippen LogP contribution in [0, 0.1) is 11.3 Å². The third-order valence-corrected chi connectivity index (χ3v) is 1.63. The lowest BCUT2D eigenvalue weighted by Gasteiger charge is -2.26. The topological polar surface area (TPSA) is 62.5 Å². The normalized spacial score (nSPS) is 15.1. The number of nitriles is 1. The average Bonchev–Trinajstić information content (AvgIpc) is 2.17. The summed E-state index contributed by atoms with van der Waals surface area (Å²) in [5.41, 5.74) is -1.58. The maximum atomic E-state index is 9.63. The van der Waals surface area contributed by atoms with Crippen molar-refractivity contribution in [3.8, 4) is 6.07 Å². The Hall–Kier alpha value is -0.630. The van der Waals surface area contributed by atoms with Crippen LogP contribution < -0.4 is 0 Å². The molecule has 0 amide bonds. The Balaban J connectivity index is 4.17. The van der Waals surface area contributed by atoms with Crippen LogP contribution in [0.25, 0.3) is 0 Å². The maximum Gasteiger partial charge on any atom is 0.199 e. The molecular formula is C10H19NO3. The molecule has 0 unspecified atom stereocenters. The van der Waals surface area contributed by atoms with Crippen LogP contribution in [-0.4, -0.2) is 30.2 Å². The van der Waals surface area contributed by atoms with Crippen LogP contribution in [-0.2, 0) is 9.47 Å². The van der Waals surface area contributed by atoms with Crippen molar-refractivity contribution in [2.45, 2.75) is 45.5 Å². The molecule has 0 saturated carbocycles. The summed E-state index contributed by atoms with van der Waals surface area (Å²) in [5.74, 6) is 0. The molecule has 4 heteroatoms. The second-order valence-electron chi connectivity index (χ2n) is 3.33. The van der Waals surface area contributed by atoms with Gasteiger partial charge in [0.25, 0.3) is 0 Å². The van der Waals surface area contributed by atoms with Gasteiger partial charge in [0.05, 0.1) is 0 Å². The zero-order valence-electron chi connectivity index (χ0n) is 9.12. The molecular weight excluding hydrogens is 182 g/mol. The van der Waals surface area contributed by atoms with E-state index in [1.807, 2.05) is 13.8 Å². The molecule has 0 fully saturated rings. The van der Waals surface area contributed by atoms with Crippen molar-refractivity contribution >= 4 is 0 Å². The van der Waals surface area contributed by atoms with Crippen molar-refractivity contribution in [2.24, 2.45) is 0 Å². The Morgan fingerprint density at radius 3 is 2.00 bits per heavy atom. The fourth-order valence-corrected chi connectivity index (χ4v) is 0.875. The van der Waals surface area contributed by atoms with Crippen LogP contribution in [0.1, 0.15) is 33.6 Å². The number of ether oxygens (including phenoxy) is 2. The van der Waals surface area contributed by atoms with E-state index in [1.165, 1.54) is 6.92 Å². The van der Waals surface area contributed by atoms with Crippen molar-refractivity contribution in [2.75, 3.05) is 13.2 Å². The SMILES string of the molecule is CCCOC(OCCC)[C@](C)(O)C#N. The molecule has 0 aromatic rings. The summed E-state index contributed by atoms with van der Waals surface area (Å²) in [6.07, 6.45) is 0.799. The molecule has 0 aromatic heterocycles. The summed E-state index contributed by atoms with van der Waals surface area (Å²) >= 11 is 0. The second kappa shape index (κ2) is 6.77. The summed E-state index contributed by atoms with van der Waals surface area (Å²) in [5, 5.41) is 18.3. The lowest BCUT2D eigenvalue weighted by atomic mass is 10.1. The van der Waals surface area contributed by atoms with Crippen molar-refractivity contribution in [1.82, 2.24) is 0 Å². The van der Waals surface area contributed by atoms with E-state index in [1.54, 1.807) is 6.07 Å². The highest BCUT2D eigenvalue weighted by molar-refractivity contribution is 4.99. The minimum Gasteiger partial charge on any atom is -0.371 e. The predicted molar refractivity (Wildman–Crippen MR) is 52.5 cm³/mol. The van der Waals surface area contributed by atoms with E-state index in [0.29, 0.717) is 13.2 Å². The van der Waals surface area contributed by atoms with E-state index in [2.05, 4.69) is 0 Å². The number of rotatable bonds is 7. The van der Waals surface area contributed by atoms with E-state index in [9.17, 15) is 5.11 Å². The number of aliphatic hydroxyl groups is 1. The van der Waals surface area contributed by atoms with E-state index in [4.69, 9.17) is 14.7 Å². The lowest BCUT2D eigenvalue weighted by molar-refractivity contribution is -0.213. The zero-order valence-corrected chi connectivity index (χ0v) is 9.12. The smallest absolute Gasteiger partial charge is 0.199 e. The summed E-state index contributed by atoms with van der Waals surface area (Å²) in [7, 11) is 0. The molecule has 0 rings (SSSR count). The van der Waals surface area contributed by atoms with E-state index in [0.717, 1.165) is 12.8 Å². The second-order valence-corrected chi connectivity index (χ2v) is 3.33. The third kappa shape index (κ3) is 4.56. The van der Waals surface area contributed by atoms with Crippen LogP contribution in [0.2, 0.25) is 0 Å². The molecule has 1 atom stereocenters. The lowest BCUT2D eigenvalue weighted by Crippen LogP contribution is -2.42. The van der Waals surface area contributed by atoms with Gasteiger partial charge in [0, 0.05) is 13.2 Å². The van der Waals surface area contributed by atoms with Gasteiger partial charge in [-0.15, -0.1) is 0 Å². The largest absolute Gasteiger partial charge is 0.371 e. The maximum absolute atomic E-state index is 9.63. The Labute approximate surface area is 85.4 Å². The Morgan fingerprint density at radius 2 is 1.71 bits per heavy atom. The fourth-order valence-electron chi connectivity index (χ4n) is 0.875. The highest BCUT2D eigenvalue weighted by atomic mass is 16.7. The number of hydrogen-bond acceptors (Lipinski definition) is 4. The first kappa shape index (κ1) is 13.4. The molecule has 0 spiro atoms. The molecule has 1 N–H and O–H groups in total. The van der Waals surface area contributed by atoms with Gasteiger partial charge in [0.2, 0.25) is 0 Å². The monoisotopic (exact) mass is 201 g/mol. The molecule has 0 heterocycles. The van der Waals surface area contributed by atoms with Crippen LogP contribution in [0.4, 0.5) is 0 Å². The van der Waals surface area contributed by atoms with Gasteiger partial charge in [-0.05, 0) is 19.8 Å². The quantitative estimate of drug-likeness (QED) is 0.500. The van der Waals surface area contributed by atoms with Gasteiger partial charge >= 0.3 is 0 Å².